The number of ether oxygens (including phenoxy) is 1. The van der Waals surface area contributed by atoms with E-state index >= 15 is 0 Å². The molecule has 2 aromatic carbocycles. The average molecular weight is 403 g/mol. The molecule has 2 N–H and O–H groups in total. The highest BCUT2D eigenvalue weighted by Crippen LogP contribution is 2.20. The van der Waals surface area contributed by atoms with Gasteiger partial charge in [-0.2, -0.15) is 0 Å². The van der Waals surface area contributed by atoms with Gasteiger partial charge in [-0.25, -0.2) is 0 Å². The molecule has 2 aromatic rings. The highest BCUT2D eigenvalue weighted by molar-refractivity contribution is 6.30. The SMILES string of the molecule is CC[C@@H](C)c1ccc(NC(=O)COC(=O)CNC(=O)c2ccc(Cl)cc2)cc1. The molecule has 0 aliphatic rings. The van der Waals surface area contributed by atoms with Crippen molar-refractivity contribution in [3.63, 3.8) is 0 Å². The number of benzene rings is 2. The third-order valence-electron chi connectivity index (χ3n) is 4.24. The molecule has 0 aliphatic heterocycles. The van der Waals surface area contributed by atoms with Crippen LogP contribution in [-0.2, 0) is 14.3 Å². The molecular weight excluding hydrogens is 380 g/mol. The van der Waals surface area contributed by atoms with E-state index in [4.69, 9.17) is 16.3 Å². The summed E-state index contributed by atoms with van der Waals surface area (Å²) in [6, 6.07) is 13.8. The molecule has 28 heavy (non-hydrogen) atoms. The Morgan fingerprint density at radius 2 is 1.68 bits per heavy atom. The van der Waals surface area contributed by atoms with Crippen molar-refractivity contribution >= 4 is 35.1 Å². The van der Waals surface area contributed by atoms with E-state index < -0.39 is 24.4 Å². The molecule has 7 heteroatoms. The van der Waals surface area contributed by atoms with E-state index in [9.17, 15) is 14.4 Å². The first-order chi connectivity index (χ1) is 13.4. The van der Waals surface area contributed by atoms with E-state index in [0.717, 1.165) is 6.42 Å². The quantitative estimate of drug-likeness (QED) is 0.658. The Morgan fingerprint density at radius 3 is 2.29 bits per heavy atom. The molecule has 0 unspecified atom stereocenters. The number of halogens is 1. The summed E-state index contributed by atoms with van der Waals surface area (Å²) >= 11 is 5.76. The van der Waals surface area contributed by atoms with Crippen LogP contribution in [0.25, 0.3) is 0 Å². The van der Waals surface area contributed by atoms with Crippen molar-refractivity contribution in [2.45, 2.75) is 26.2 Å². The molecule has 2 amide bonds. The van der Waals surface area contributed by atoms with Crippen molar-refractivity contribution in [1.29, 1.82) is 0 Å². The van der Waals surface area contributed by atoms with Gasteiger partial charge in [-0.05, 0) is 54.3 Å². The maximum absolute atomic E-state index is 11.9. The Kier molecular flexibility index (Phi) is 8.02. The zero-order valence-electron chi connectivity index (χ0n) is 15.8. The van der Waals surface area contributed by atoms with Gasteiger partial charge in [0, 0.05) is 16.3 Å². The van der Waals surface area contributed by atoms with Crippen LogP contribution < -0.4 is 10.6 Å². The largest absolute Gasteiger partial charge is 0.454 e. The second kappa shape index (κ2) is 10.5. The molecule has 0 saturated carbocycles. The summed E-state index contributed by atoms with van der Waals surface area (Å²) in [4.78, 5) is 35.5. The molecule has 148 valence electrons. The van der Waals surface area contributed by atoms with E-state index in [2.05, 4.69) is 24.5 Å². The molecule has 1 atom stereocenters. The van der Waals surface area contributed by atoms with Crippen LogP contribution in [0.3, 0.4) is 0 Å². The Labute approximate surface area is 169 Å². The number of carbonyl (C=O) groups excluding carboxylic acids is 3. The number of carbonyl (C=O) groups is 3. The standard InChI is InChI=1S/C21H23ClN2O4/c1-3-14(2)15-6-10-18(11-7-15)24-19(25)13-28-20(26)12-23-21(27)16-4-8-17(22)9-5-16/h4-11,14H,3,12-13H2,1-2H3,(H,23,27)(H,24,25)/t14-/m1/s1. The first kappa shape index (κ1) is 21.4. The van der Waals surface area contributed by atoms with Crippen LogP contribution in [0.2, 0.25) is 5.02 Å². The number of anilines is 1. The zero-order chi connectivity index (χ0) is 20.5. The van der Waals surface area contributed by atoms with Gasteiger partial charge in [0.2, 0.25) is 0 Å². The summed E-state index contributed by atoms with van der Waals surface area (Å²) in [5.41, 5.74) is 2.20. The van der Waals surface area contributed by atoms with Gasteiger partial charge in [-0.1, -0.05) is 37.6 Å². The predicted octanol–water partition coefficient (Wildman–Crippen LogP) is 3.77. The fourth-order valence-corrected chi connectivity index (χ4v) is 2.51. The van der Waals surface area contributed by atoms with Crippen LogP contribution in [0.15, 0.2) is 48.5 Å². The minimum Gasteiger partial charge on any atom is -0.454 e. The molecule has 0 fully saturated rings. The normalized spacial score (nSPS) is 11.4. The monoisotopic (exact) mass is 402 g/mol. The highest BCUT2D eigenvalue weighted by Gasteiger charge is 2.11. The molecule has 0 aliphatic carbocycles. The molecule has 0 spiro atoms. The molecule has 0 saturated heterocycles. The van der Waals surface area contributed by atoms with Crippen molar-refractivity contribution in [2.24, 2.45) is 0 Å². The molecule has 0 aromatic heterocycles. The predicted molar refractivity (Wildman–Crippen MR) is 109 cm³/mol. The van der Waals surface area contributed by atoms with Crippen molar-refractivity contribution < 1.29 is 19.1 Å². The van der Waals surface area contributed by atoms with Gasteiger partial charge in [-0.3, -0.25) is 14.4 Å². The van der Waals surface area contributed by atoms with Crippen LogP contribution in [0.1, 0.15) is 42.1 Å². The van der Waals surface area contributed by atoms with Gasteiger partial charge in [0.15, 0.2) is 6.61 Å². The molecule has 0 bridgehead atoms. The molecule has 6 nitrogen and oxygen atoms in total. The van der Waals surface area contributed by atoms with Gasteiger partial charge in [0.25, 0.3) is 11.8 Å². The summed E-state index contributed by atoms with van der Waals surface area (Å²) in [5, 5.41) is 5.60. The fraction of sp³-hybridized carbons (Fsp3) is 0.286. The summed E-state index contributed by atoms with van der Waals surface area (Å²) < 4.78 is 4.87. The topological polar surface area (TPSA) is 84.5 Å². The second-order valence-corrected chi connectivity index (χ2v) is 6.77. The lowest BCUT2D eigenvalue weighted by Gasteiger charge is -2.11. The van der Waals surface area contributed by atoms with Crippen LogP contribution in [-0.4, -0.2) is 30.9 Å². The summed E-state index contributed by atoms with van der Waals surface area (Å²) in [5.74, 6) is -1.13. The van der Waals surface area contributed by atoms with E-state index in [1.165, 1.54) is 5.56 Å². The Balaban J connectivity index is 1.72. The van der Waals surface area contributed by atoms with Crippen molar-refractivity contribution in [2.75, 3.05) is 18.5 Å². The van der Waals surface area contributed by atoms with Gasteiger partial charge < -0.3 is 15.4 Å². The highest BCUT2D eigenvalue weighted by atomic mass is 35.5. The van der Waals surface area contributed by atoms with Crippen molar-refractivity contribution in [1.82, 2.24) is 5.32 Å². The Hall–Kier alpha value is -2.86. The van der Waals surface area contributed by atoms with E-state index in [1.807, 2.05) is 24.3 Å². The van der Waals surface area contributed by atoms with Gasteiger partial charge in [0.1, 0.15) is 6.54 Å². The third-order valence-corrected chi connectivity index (χ3v) is 4.49. The number of hydrogen-bond donors (Lipinski definition) is 2. The number of hydrogen-bond acceptors (Lipinski definition) is 4. The van der Waals surface area contributed by atoms with Gasteiger partial charge >= 0.3 is 5.97 Å². The van der Waals surface area contributed by atoms with Crippen LogP contribution >= 0.6 is 11.6 Å². The lowest BCUT2D eigenvalue weighted by molar-refractivity contribution is -0.146. The maximum atomic E-state index is 11.9. The average Bonchev–Trinajstić information content (AvgIpc) is 2.71. The lowest BCUT2D eigenvalue weighted by atomic mass is 9.99. The minimum absolute atomic E-state index is 0.335. The molecule has 0 heterocycles. The van der Waals surface area contributed by atoms with Crippen LogP contribution in [0, 0.1) is 0 Å². The number of esters is 1. The van der Waals surface area contributed by atoms with Gasteiger partial charge in [0.05, 0.1) is 0 Å². The Bertz CT molecular complexity index is 819. The van der Waals surface area contributed by atoms with E-state index in [1.54, 1.807) is 24.3 Å². The maximum Gasteiger partial charge on any atom is 0.325 e. The second-order valence-electron chi connectivity index (χ2n) is 6.33. The van der Waals surface area contributed by atoms with Gasteiger partial charge in [-0.15, -0.1) is 0 Å². The summed E-state index contributed by atoms with van der Waals surface area (Å²) in [6.45, 7) is 3.49. The molecule has 2 rings (SSSR count). The zero-order valence-corrected chi connectivity index (χ0v) is 16.6. The van der Waals surface area contributed by atoms with Crippen molar-refractivity contribution in [3.05, 3.63) is 64.7 Å². The number of nitrogens with one attached hydrogen (secondary N) is 2. The summed E-state index contributed by atoms with van der Waals surface area (Å²) in [6.07, 6.45) is 1.04. The lowest BCUT2D eigenvalue weighted by Crippen LogP contribution is -2.32. The minimum atomic E-state index is -0.704. The third kappa shape index (κ3) is 6.70. The van der Waals surface area contributed by atoms with Crippen LogP contribution in [0.4, 0.5) is 5.69 Å². The fourth-order valence-electron chi connectivity index (χ4n) is 2.38. The smallest absolute Gasteiger partial charge is 0.325 e. The van der Waals surface area contributed by atoms with Crippen LogP contribution in [0.5, 0.6) is 0 Å². The first-order valence-electron chi connectivity index (χ1n) is 8.98. The van der Waals surface area contributed by atoms with E-state index in [-0.39, 0.29) is 6.54 Å². The Morgan fingerprint density at radius 1 is 1.04 bits per heavy atom. The number of rotatable bonds is 8. The first-order valence-corrected chi connectivity index (χ1v) is 9.36. The molecule has 0 radical (unpaired) electrons. The summed E-state index contributed by atoms with van der Waals surface area (Å²) in [7, 11) is 0. The molecular formula is C21H23ClN2O4. The number of amides is 2. The van der Waals surface area contributed by atoms with E-state index in [0.29, 0.717) is 22.2 Å². The van der Waals surface area contributed by atoms with Crippen molar-refractivity contribution in [3.8, 4) is 0 Å².